The molecule has 1 N–H and O–H groups in total. The second-order valence-corrected chi connectivity index (χ2v) is 4.77. The third-order valence-corrected chi connectivity index (χ3v) is 3.33. The van der Waals surface area contributed by atoms with Crippen molar-refractivity contribution < 1.29 is 0 Å². The van der Waals surface area contributed by atoms with E-state index in [0.717, 1.165) is 6.54 Å². The van der Waals surface area contributed by atoms with Crippen molar-refractivity contribution in [2.45, 2.75) is 58.9 Å². The van der Waals surface area contributed by atoms with Crippen molar-refractivity contribution in [3.05, 3.63) is 35.4 Å². The lowest BCUT2D eigenvalue weighted by Gasteiger charge is -2.15. The van der Waals surface area contributed by atoms with Crippen LogP contribution in [-0.2, 0) is 12.8 Å². The lowest BCUT2D eigenvalue weighted by Crippen LogP contribution is -2.28. The van der Waals surface area contributed by atoms with Gasteiger partial charge in [-0.05, 0) is 43.4 Å². The zero-order valence-corrected chi connectivity index (χ0v) is 11.6. The van der Waals surface area contributed by atoms with Gasteiger partial charge in [-0.15, -0.1) is 0 Å². The Hall–Kier alpha value is -0.820. The van der Waals surface area contributed by atoms with Gasteiger partial charge in [-0.25, -0.2) is 0 Å². The molecule has 0 spiro atoms. The summed E-state index contributed by atoms with van der Waals surface area (Å²) in [6.45, 7) is 7.75. The Balaban J connectivity index is 2.40. The Kier molecular flexibility index (Phi) is 6.95. The zero-order chi connectivity index (χ0) is 12.5. The topological polar surface area (TPSA) is 12.0 Å². The summed E-state index contributed by atoms with van der Waals surface area (Å²) in [4.78, 5) is 0. The molecule has 0 aliphatic carbocycles. The van der Waals surface area contributed by atoms with Crippen molar-refractivity contribution in [2.24, 2.45) is 0 Å². The van der Waals surface area contributed by atoms with Gasteiger partial charge in [0.1, 0.15) is 0 Å². The fourth-order valence-corrected chi connectivity index (χ4v) is 2.24. The average molecular weight is 233 g/mol. The van der Waals surface area contributed by atoms with Gasteiger partial charge < -0.3 is 5.32 Å². The van der Waals surface area contributed by atoms with Crippen LogP contribution < -0.4 is 5.32 Å². The summed E-state index contributed by atoms with van der Waals surface area (Å²) in [6.07, 6.45) is 6.10. The minimum Gasteiger partial charge on any atom is -0.314 e. The number of hydrogen-bond donors (Lipinski definition) is 1. The van der Waals surface area contributed by atoms with Gasteiger partial charge in [0, 0.05) is 6.04 Å². The van der Waals surface area contributed by atoms with Crippen LogP contribution in [0.4, 0.5) is 0 Å². The van der Waals surface area contributed by atoms with Gasteiger partial charge in [0.15, 0.2) is 0 Å². The van der Waals surface area contributed by atoms with E-state index < -0.39 is 0 Å². The molecule has 1 atom stereocenters. The van der Waals surface area contributed by atoms with Crippen molar-refractivity contribution in [1.29, 1.82) is 0 Å². The van der Waals surface area contributed by atoms with Crippen molar-refractivity contribution in [1.82, 2.24) is 5.32 Å². The van der Waals surface area contributed by atoms with E-state index >= 15 is 0 Å². The van der Waals surface area contributed by atoms with Crippen LogP contribution in [-0.4, -0.2) is 12.6 Å². The number of benzene rings is 1. The van der Waals surface area contributed by atoms with Crippen LogP contribution in [0.3, 0.4) is 0 Å². The van der Waals surface area contributed by atoms with Crippen LogP contribution in [0.1, 0.15) is 51.2 Å². The molecular formula is C16H27N. The quantitative estimate of drug-likeness (QED) is 0.716. The highest BCUT2D eigenvalue weighted by molar-refractivity contribution is 5.22. The van der Waals surface area contributed by atoms with Gasteiger partial charge in [-0.2, -0.15) is 0 Å². The summed E-state index contributed by atoms with van der Waals surface area (Å²) in [5.41, 5.74) is 2.94. The van der Waals surface area contributed by atoms with Gasteiger partial charge in [0.05, 0.1) is 0 Å². The number of rotatable bonds is 8. The first-order valence-electron chi connectivity index (χ1n) is 7.11. The Bertz CT molecular complexity index is 289. The lowest BCUT2D eigenvalue weighted by molar-refractivity contribution is 0.481. The number of nitrogens with one attached hydrogen (secondary N) is 1. The second-order valence-electron chi connectivity index (χ2n) is 4.77. The average Bonchev–Trinajstić information content (AvgIpc) is 2.36. The fraction of sp³-hybridized carbons (Fsp3) is 0.625. The Labute approximate surface area is 107 Å². The standard InChI is InChI=1S/C16H27N/c1-4-7-14-8-10-15(11-9-14)12-13-16(5-2)17-6-3/h8-11,16-17H,4-7,12-13H2,1-3H3. The molecule has 0 radical (unpaired) electrons. The summed E-state index contributed by atoms with van der Waals surface area (Å²) >= 11 is 0. The van der Waals surface area contributed by atoms with Crippen molar-refractivity contribution in [2.75, 3.05) is 6.54 Å². The van der Waals surface area contributed by atoms with Crippen LogP contribution in [0.2, 0.25) is 0 Å². The maximum atomic E-state index is 3.53. The monoisotopic (exact) mass is 233 g/mol. The maximum Gasteiger partial charge on any atom is 0.00674 e. The summed E-state index contributed by atoms with van der Waals surface area (Å²) in [5, 5.41) is 3.53. The largest absolute Gasteiger partial charge is 0.314 e. The van der Waals surface area contributed by atoms with E-state index in [1.807, 2.05) is 0 Å². The molecule has 0 fully saturated rings. The molecule has 96 valence electrons. The molecule has 0 aromatic heterocycles. The molecule has 1 aromatic carbocycles. The molecule has 0 heterocycles. The maximum absolute atomic E-state index is 3.53. The van der Waals surface area contributed by atoms with Crippen LogP contribution >= 0.6 is 0 Å². The molecule has 1 nitrogen and oxygen atoms in total. The van der Waals surface area contributed by atoms with Crippen LogP contribution in [0.15, 0.2) is 24.3 Å². The van der Waals surface area contributed by atoms with E-state index in [4.69, 9.17) is 0 Å². The molecule has 1 unspecified atom stereocenters. The third-order valence-electron chi connectivity index (χ3n) is 3.33. The minimum atomic E-state index is 0.676. The van der Waals surface area contributed by atoms with Crippen molar-refractivity contribution in [3.63, 3.8) is 0 Å². The normalized spacial score (nSPS) is 12.6. The molecule has 1 heteroatoms. The number of aryl methyl sites for hydroxylation is 2. The van der Waals surface area contributed by atoms with Gasteiger partial charge in [0.25, 0.3) is 0 Å². The molecule has 1 aromatic rings. The van der Waals surface area contributed by atoms with Crippen LogP contribution in [0, 0.1) is 0 Å². The highest BCUT2D eigenvalue weighted by Crippen LogP contribution is 2.10. The Morgan fingerprint density at radius 1 is 0.941 bits per heavy atom. The predicted molar refractivity (Wildman–Crippen MR) is 76.5 cm³/mol. The van der Waals surface area contributed by atoms with E-state index in [-0.39, 0.29) is 0 Å². The third kappa shape index (κ3) is 5.36. The highest BCUT2D eigenvalue weighted by atomic mass is 14.9. The summed E-state index contributed by atoms with van der Waals surface area (Å²) < 4.78 is 0. The van der Waals surface area contributed by atoms with Crippen LogP contribution in [0.25, 0.3) is 0 Å². The summed E-state index contributed by atoms with van der Waals surface area (Å²) in [6, 6.07) is 9.84. The molecule has 17 heavy (non-hydrogen) atoms. The first-order chi connectivity index (χ1) is 8.30. The fourth-order valence-electron chi connectivity index (χ4n) is 2.24. The molecule has 0 aliphatic rings. The smallest absolute Gasteiger partial charge is 0.00674 e. The van der Waals surface area contributed by atoms with E-state index in [1.54, 1.807) is 0 Å². The molecule has 0 saturated carbocycles. The van der Waals surface area contributed by atoms with Gasteiger partial charge in [-0.3, -0.25) is 0 Å². The molecule has 0 aliphatic heterocycles. The first kappa shape index (κ1) is 14.2. The second kappa shape index (κ2) is 8.30. The van der Waals surface area contributed by atoms with E-state index in [1.165, 1.54) is 43.2 Å². The lowest BCUT2D eigenvalue weighted by atomic mass is 10.0. The van der Waals surface area contributed by atoms with E-state index in [2.05, 4.69) is 50.4 Å². The predicted octanol–water partition coefficient (Wildman–Crippen LogP) is 3.96. The van der Waals surface area contributed by atoms with E-state index in [9.17, 15) is 0 Å². The van der Waals surface area contributed by atoms with Crippen molar-refractivity contribution in [3.8, 4) is 0 Å². The molecule has 0 saturated heterocycles. The van der Waals surface area contributed by atoms with E-state index in [0.29, 0.717) is 6.04 Å². The molecule has 0 amide bonds. The molecular weight excluding hydrogens is 206 g/mol. The number of hydrogen-bond acceptors (Lipinski definition) is 1. The zero-order valence-electron chi connectivity index (χ0n) is 11.6. The first-order valence-corrected chi connectivity index (χ1v) is 7.11. The van der Waals surface area contributed by atoms with Gasteiger partial charge in [0.2, 0.25) is 0 Å². The molecule has 0 bridgehead atoms. The molecule has 1 rings (SSSR count). The summed E-state index contributed by atoms with van der Waals surface area (Å²) in [7, 11) is 0. The van der Waals surface area contributed by atoms with Gasteiger partial charge >= 0.3 is 0 Å². The Morgan fingerprint density at radius 3 is 2.00 bits per heavy atom. The van der Waals surface area contributed by atoms with Gasteiger partial charge in [-0.1, -0.05) is 51.5 Å². The summed E-state index contributed by atoms with van der Waals surface area (Å²) in [5.74, 6) is 0. The highest BCUT2D eigenvalue weighted by Gasteiger charge is 2.04. The SMILES string of the molecule is CCCc1ccc(CCC(CC)NCC)cc1. The minimum absolute atomic E-state index is 0.676. The van der Waals surface area contributed by atoms with Crippen LogP contribution in [0.5, 0.6) is 0 Å². The Morgan fingerprint density at radius 2 is 1.53 bits per heavy atom. The van der Waals surface area contributed by atoms with Crippen molar-refractivity contribution >= 4 is 0 Å².